The molecule has 4 nitrogen and oxygen atoms in total. The Morgan fingerprint density at radius 3 is 2.64 bits per heavy atom. The molecule has 0 aromatic heterocycles. The molecule has 0 spiro atoms. The van der Waals surface area contributed by atoms with Crippen molar-refractivity contribution >= 4 is 17.9 Å². The van der Waals surface area contributed by atoms with Crippen molar-refractivity contribution in [1.82, 2.24) is 0 Å². The first-order valence-electron chi connectivity index (χ1n) is 4.03. The van der Waals surface area contributed by atoms with Crippen molar-refractivity contribution in [2.24, 2.45) is 0 Å². The molecule has 0 unspecified atom stereocenters. The lowest BCUT2D eigenvalue weighted by Crippen LogP contribution is -2.07. The van der Waals surface area contributed by atoms with Gasteiger partial charge in [-0.15, -0.1) is 0 Å². The standard InChI is InChI=1S/C10H11NO3/c1-6-8(10(13)14-2)3-7(5-12)4-9(6)11/h3-5H,11H2,1-2H3. The normalized spacial score (nSPS) is 9.57. The van der Waals surface area contributed by atoms with E-state index >= 15 is 0 Å². The zero-order valence-corrected chi connectivity index (χ0v) is 8.03. The average molecular weight is 193 g/mol. The summed E-state index contributed by atoms with van der Waals surface area (Å²) in [5.41, 5.74) is 7.36. The highest BCUT2D eigenvalue weighted by Crippen LogP contribution is 2.18. The lowest BCUT2D eigenvalue weighted by molar-refractivity contribution is 0.0600. The van der Waals surface area contributed by atoms with Gasteiger partial charge in [-0.3, -0.25) is 4.79 Å². The van der Waals surface area contributed by atoms with Crippen molar-refractivity contribution in [3.8, 4) is 0 Å². The minimum atomic E-state index is -0.488. The van der Waals surface area contributed by atoms with Gasteiger partial charge in [0.15, 0.2) is 0 Å². The summed E-state index contributed by atoms with van der Waals surface area (Å²) in [7, 11) is 1.28. The monoisotopic (exact) mass is 193 g/mol. The van der Waals surface area contributed by atoms with Crippen molar-refractivity contribution in [1.29, 1.82) is 0 Å². The molecule has 0 radical (unpaired) electrons. The predicted octanol–water partition coefficient (Wildman–Crippen LogP) is 1.18. The number of rotatable bonds is 2. The van der Waals surface area contributed by atoms with Gasteiger partial charge in [-0.25, -0.2) is 4.79 Å². The Kier molecular flexibility index (Phi) is 2.86. The molecule has 0 fully saturated rings. The Morgan fingerprint density at radius 1 is 1.50 bits per heavy atom. The summed E-state index contributed by atoms with van der Waals surface area (Å²) in [5.74, 6) is -0.488. The number of esters is 1. The molecule has 0 saturated heterocycles. The number of methoxy groups -OCH3 is 1. The van der Waals surface area contributed by atoms with Crippen LogP contribution in [0.2, 0.25) is 0 Å². The number of benzene rings is 1. The quantitative estimate of drug-likeness (QED) is 0.435. The Balaban J connectivity index is 3.33. The van der Waals surface area contributed by atoms with E-state index in [9.17, 15) is 9.59 Å². The number of nitrogens with two attached hydrogens (primary N) is 1. The van der Waals surface area contributed by atoms with Crippen LogP contribution >= 0.6 is 0 Å². The smallest absolute Gasteiger partial charge is 0.338 e. The van der Waals surface area contributed by atoms with Crippen LogP contribution in [0.3, 0.4) is 0 Å². The zero-order valence-electron chi connectivity index (χ0n) is 8.03. The maximum absolute atomic E-state index is 11.3. The van der Waals surface area contributed by atoms with E-state index in [0.717, 1.165) is 0 Å². The third kappa shape index (κ3) is 1.74. The maximum Gasteiger partial charge on any atom is 0.338 e. The molecule has 0 atom stereocenters. The second kappa shape index (κ2) is 3.91. The molecule has 1 aromatic carbocycles. The van der Waals surface area contributed by atoms with Crippen molar-refractivity contribution in [2.45, 2.75) is 6.92 Å². The van der Waals surface area contributed by atoms with Crippen LogP contribution in [0, 0.1) is 6.92 Å². The van der Waals surface area contributed by atoms with Gasteiger partial charge in [0.1, 0.15) is 6.29 Å². The molecule has 0 heterocycles. The highest BCUT2D eigenvalue weighted by atomic mass is 16.5. The summed E-state index contributed by atoms with van der Waals surface area (Å²) >= 11 is 0. The van der Waals surface area contributed by atoms with Crippen LogP contribution in [0.5, 0.6) is 0 Å². The van der Waals surface area contributed by atoms with Gasteiger partial charge >= 0.3 is 5.97 Å². The molecule has 4 heteroatoms. The summed E-state index contributed by atoms with van der Waals surface area (Å²) < 4.78 is 4.56. The summed E-state index contributed by atoms with van der Waals surface area (Å²) in [6, 6.07) is 2.99. The average Bonchev–Trinajstić information content (AvgIpc) is 2.20. The molecule has 0 bridgehead atoms. The number of anilines is 1. The fourth-order valence-electron chi connectivity index (χ4n) is 1.15. The summed E-state index contributed by atoms with van der Waals surface area (Å²) in [5, 5.41) is 0. The number of carbonyl (C=O) groups is 2. The van der Waals surface area contributed by atoms with Crippen LogP contribution in [-0.4, -0.2) is 19.4 Å². The second-order valence-electron chi connectivity index (χ2n) is 2.89. The van der Waals surface area contributed by atoms with Crippen LogP contribution in [0.4, 0.5) is 5.69 Å². The maximum atomic E-state index is 11.3. The summed E-state index contributed by atoms with van der Waals surface area (Å²) in [6.07, 6.45) is 0.641. The number of hydrogen-bond donors (Lipinski definition) is 1. The molecular weight excluding hydrogens is 182 g/mol. The number of nitrogen functional groups attached to an aromatic ring is 1. The van der Waals surface area contributed by atoms with E-state index in [2.05, 4.69) is 4.74 Å². The summed E-state index contributed by atoms with van der Waals surface area (Å²) in [4.78, 5) is 21.8. The molecule has 1 rings (SSSR count). The first kappa shape index (κ1) is 10.2. The third-order valence-corrected chi connectivity index (χ3v) is 2.01. The number of carbonyl (C=O) groups excluding carboxylic acids is 2. The number of ether oxygens (including phenoxy) is 1. The fourth-order valence-corrected chi connectivity index (χ4v) is 1.15. The SMILES string of the molecule is COC(=O)c1cc(C=O)cc(N)c1C. The molecule has 0 amide bonds. The van der Waals surface area contributed by atoms with Crippen molar-refractivity contribution in [3.63, 3.8) is 0 Å². The van der Waals surface area contributed by atoms with Crippen LogP contribution in [-0.2, 0) is 4.74 Å². The third-order valence-electron chi connectivity index (χ3n) is 2.01. The van der Waals surface area contributed by atoms with Crippen molar-refractivity contribution < 1.29 is 14.3 Å². The molecule has 0 aliphatic rings. The molecule has 2 N–H and O–H groups in total. The van der Waals surface area contributed by atoms with Gasteiger partial charge < -0.3 is 10.5 Å². The second-order valence-corrected chi connectivity index (χ2v) is 2.89. The number of aldehydes is 1. The first-order chi connectivity index (χ1) is 6.60. The van der Waals surface area contributed by atoms with E-state index in [4.69, 9.17) is 5.73 Å². The minimum Gasteiger partial charge on any atom is -0.465 e. The Hall–Kier alpha value is -1.84. The van der Waals surface area contributed by atoms with Gasteiger partial charge in [0.25, 0.3) is 0 Å². The highest BCUT2D eigenvalue weighted by Gasteiger charge is 2.12. The molecule has 1 aromatic rings. The Morgan fingerprint density at radius 2 is 2.14 bits per heavy atom. The Bertz CT molecular complexity index is 385. The van der Waals surface area contributed by atoms with E-state index in [0.29, 0.717) is 28.7 Å². The van der Waals surface area contributed by atoms with E-state index in [-0.39, 0.29) is 0 Å². The molecule has 74 valence electrons. The van der Waals surface area contributed by atoms with E-state index in [1.54, 1.807) is 6.92 Å². The van der Waals surface area contributed by atoms with Crippen LogP contribution in [0.25, 0.3) is 0 Å². The lowest BCUT2D eigenvalue weighted by atomic mass is 10.0. The topological polar surface area (TPSA) is 69.4 Å². The summed E-state index contributed by atoms with van der Waals surface area (Å²) in [6.45, 7) is 1.70. The van der Waals surface area contributed by atoms with Crippen LogP contribution in [0.1, 0.15) is 26.3 Å². The van der Waals surface area contributed by atoms with E-state index in [1.807, 2.05) is 0 Å². The molecule has 14 heavy (non-hydrogen) atoms. The van der Waals surface area contributed by atoms with Gasteiger partial charge in [-0.05, 0) is 24.6 Å². The van der Waals surface area contributed by atoms with E-state index in [1.165, 1.54) is 19.2 Å². The van der Waals surface area contributed by atoms with Crippen molar-refractivity contribution in [3.05, 3.63) is 28.8 Å². The van der Waals surface area contributed by atoms with Gasteiger partial charge in [-0.1, -0.05) is 0 Å². The highest BCUT2D eigenvalue weighted by molar-refractivity contribution is 5.95. The van der Waals surface area contributed by atoms with E-state index < -0.39 is 5.97 Å². The minimum absolute atomic E-state index is 0.328. The lowest BCUT2D eigenvalue weighted by Gasteiger charge is -2.07. The fraction of sp³-hybridized carbons (Fsp3) is 0.200. The van der Waals surface area contributed by atoms with Crippen LogP contribution in [0.15, 0.2) is 12.1 Å². The predicted molar refractivity (Wildman–Crippen MR) is 52.3 cm³/mol. The molecule has 0 aliphatic carbocycles. The molecule has 0 aliphatic heterocycles. The van der Waals surface area contributed by atoms with Gasteiger partial charge in [0.05, 0.1) is 12.7 Å². The molecule has 0 saturated carbocycles. The molecular formula is C10H11NO3. The largest absolute Gasteiger partial charge is 0.465 e. The van der Waals surface area contributed by atoms with Gasteiger partial charge in [-0.2, -0.15) is 0 Å². The van der Waals surface area contributed by atoms with Crippen LogP contribution < -0.4 is 5.73 Å². The Labute approximate surface area is 81.7 Å². The number of hydrogen-bond acceptors (Lipinski definition) is 4. The van der Waals surface area contributed by atoms with Gasteiger partial charge in [0, 0.05) is 11.3 Å². The van der Waals surface area contributed by atoms with Crippen molar-refractivity contribution in [2.75, 3.05) is 12.8 Å². The first-order valence-corrected chi connectivity index (χ1v) is 4.03. The zero-order chi connectivity index (χ0) is 10.7. The van der Waals surface area contributed by atoms with Gasteiger partial charge in [0.2, 0.25) is 0 Å².